The Morgan fingerprint density at radius 3 is 2.00 bits per heavy atom. The maximum absolute atomic E-state index is 12.8. The summed E-state index contributed by atoms with van der Waals surface area (Å²) in [7, 11) is 3.67. The van der Waals surface area contributed by atoms with Crippen LogP contribution in [0.3, 0.4) is 0 Å². The molecule has 0 atom stereocenters. The summed E-state index contributed by atoms with van der Waals surface area (Å²) in [5.74, 6) is 0. The molecule has 0 aromatic rings. The predicted octanol–water partition coefficient (Wildman–Crippen LogP) is 3.21. The maximum atomic E-state index is 12.8. The average Bonchev–Trinajstić information content (AvgIpc) is 2.54. The van der Waals surface area contributed by atoms with Crippen LogP contribution in [0.4, 0.5) is 9.59 Å². The standard InChI is InChI=1S/C19H36N4O3/c1-19(2,3)26-18(25)22-13-11-16(12-14-22)23(17(24)20-21(4)5)15-9-7-6-8-10-15/h15-16H,6-14H2,1-5H3,(H,20,24). The first-order valence-corrected chi connectivity index (χ1v) is 9.91. The molecule has 2 rings (SSSR count). The van der Waals surface area contributed by atoms with Crippen molar-refractivity contribution in [2.24, 2.45) is 0 Å². The van der Waals surface area contributed by atoms with Crippen molar-refractivity contribution in [2.75, 3.05) is 27.2 Å². The fraction of sp³-hybridized carbons (Fsp3) is 0.895. The van der Waals surface area contributed by atoms with Crippen molar-refractivity contribution in [3.8, 4) is 0 Å². The number of nitrogens with one attached hydrogen (secondary N) is 1. The number of hydrogen-bond acceptors (Lipinski definition) is 4. The minimum Gasteiger partial charge on any atom is -0.444 e. The van der Waals surface area contributed by atoms with E-state index in [2.05, 4.69) is 10.3 Å². The fourth-order valence-electron chi connectivity index (χ4n) is 3.89. The Balaban J connectivity index is 1.99. The van der Waals surface area contributed by atoms with Gasteiger partial charge in [0.2, 0.25) is 0 Å². The molecule has 0 bridgehead atoms. The lowest BCUT2D eigenvalue weighted by Crippen LogP contribution is -2.57. The number of piperidine rings is 1. The zero-order valence-corrected chi connectivity index (χ0v) is 17.1. The normalized spacial score (nSPS) is 20.2. The van der Waals surface area contributed by atoms with Gasteiger partial charge in [0.1, 0.15) is 5.60 Å². The van der Waals surface area contributed by atoms with Crippen molar-refractivity contribution in [1.82, 2.24) is 20.2 Å². The molecule has 0 spiro atoms. The average molecular weight is 369 g/mol. The van der Waals surface area contributed by atoms with Gasteiger partial charge >= 0.3 is 12.1 Å². The Bertz CT molecular complexity index is 476. The Kier molecular flexibility index (Phi) is 7.15. The number of hydrazine groups is 1. The van der Waals surface area contributed by atoms with Gasteiger partial charge in [0.25, 0.3) is 0 Å². The van der Waals surface area contributed by atoms with Gasteiger partial charge in [-0.15, -0.1) is 0 Å². The molecule has 0 aromatic heterocycles. The van der Waals surface area contributed by atoms with E-state index in [1.807, 2.05) is 34.9 Å². The van der Waals surface area contributed by atoms with E-state index in [0.29, 0.717) is 19.1 Å². The Hall–Kier alpha value is -1.50. The number of likely N-dealkylation sites (tertiary alicyclic amines) is 1. The zero-order chi connectivity index (χ0) is 19.3. The van der Waals surface area contributed by atoms with Gasteiger partial charge < -0.3 is 14.5 Å². The molecule has 2 aliphatic rings. The number of amides is 3. The minimum atomic E-state index is -0.479. The third kappa shape index (κ3) is 6.04. The van der Waals surface area contributed by atoms with Crippen molar-refractivity contribution in [1.29, 1.82) is 0 Å². The smallest absolute Gasteiger partial charge is 0.410 e. The first-order valence-electron chi connectivity index (χ1n) is 9.91. The Morgan fingerprint density at radius 2 is 1.50 bits per heavy atom. The summed E-state index contributed by atoms with van der Waals surface area (Å²) in [5.41, 5.74) is 2.44. The van der Waals surface area contributed by atoms with Crippen LogP contribution in [0.25, 0.3) is 0 Å². The van der Waals surface area contributed by atoms with E-state index in [9.17, 15) is 9.59 Å². The highest BCUT2D eigenvalue weighted by molar-refractivity contribution is 5.74. The molecular weight excluding hydrogens is 332 g/mol. The Morgan fingerprint density at radius 1 is 0.962 bits per heavy atom. The summed E-state index contributed by atoms with van der Waals surface area (Å²) < 4.78 is 5.48. The number of ether oxygens (including phenoxy) is 1. The Labute approximate surface area is 158 Å². The minimum absolute atomic E-state index is 0.0161. The summed E-state index contributed by atoms with van der Waals surface area (Å²) in [6.07, 6.45) is 7.14. The van der Waals surface area contributed by atoms with Crippen LogP contribution in [0.1, 0.15) is 65.7 Å². The number of hydrogen-bond donors (Lipinski definition) is 1. The molecule has 1 saturated carbocycles. The van der Waals surface area contributed by atoms with E-state index in [1.54, 1.807) is 9.91 Å². The number of nitrogens with zero attached hydrogens (tertiary/aromatic N) is 3. The zero-order valence-electron chi connectivity index (χ0n) is 17.1. The summed E-state index contributed by atoms with van der Waals surface area (Å²) >= 11 is 0. The molecular formula is C19H36N4O3. The summed E-state index contributed by atoms with van der Waals surface area (Å²) in [5, 5.41) is 1.70. The molecule has 2 fully saturated rings. The number of carbonyl (C=O) groups is 2. The van der Waals surface area contributed by atoms with Crippen molar-refractivity contribution in [3.05, 3.63) is 0 Å². The lowest BCUT2D eigenvalue weighted by Gasteiger charge is -2.43. The van der Waals surface area contributed by atoms with E-state index in [0.717, 1.165) is 25.7 Å². The summed E-state index contributed by atoms with van der Waals surface area (Å²) in [6.45, 7) is 6.92. The molecule has 3 amide bonds. The molecule has 26 heavy (non-hydrogen) atoms. The molecule has 0 aromatic carbocycles. The third-order valence-electron chi connectivity index (χ3n) is 5.03. The van der Waals surface area contributed by atoms with Crippen molar-refractivity contribution < 1.29 is 14.3 Å². The van der Waals surface area contributed by atoms with Crippen LogP contribution in [0, 0.1) is 0 Å². The monoisotopic (exact) mass is 368 g/mol. The van der Waals surface area contributed by atoms with Crippen molar-refractivity contribution >= 4 is 12.1 Å². The van der Waals surface area contributed by atoms with Gasteiger partial charge in [-0.2, -0.15) is 0 Å². The number of urea groups is 1. The largest absolute Gasteiger partial charge is 0.444 e. The quantitative estimate of drug-likeness (QED) is 0.777. The van der Waals surface area contributed by atoms with Gasteiger partial charge in [-0.05, 0) is 46.5 Å². The van der Waals surface area contributed by atoms with Crippen LogP contribution in [-0.4, -0.2) is 71.8 Å². The summed E-state index contributed by atoms with van der Waals surface area (Å²) in [4.78, 5) is 28.9. The van der Waals surface area contributed by atoms with Gasteiger partial charge in [-0.1, -0.05) is 19.3 Å². The van der Waals surface area contributed by atoms with Crippen LogP contribution in [0.15, 0.2) is 0 Å². The second-order valence-electron chi connectivity index (χ2n) is 8.71. The van der Waals surface area contributed by atoms with Gasteiger partial charge in [0.05, 0.1) is 0 Å². The molecule has 1 N–H and O–H groups in total. The molecule has 0 unspecified atom stereocenters. The van der Waals surface area contributed by atoms with Crippen LogP contribution >= 0.6 is 0 Å². The molecule has 1 aliphatic carbocycles. The van der Waals surface area contributed by atoms with Gasteiger partial charge in [-0.3, -0.25) is 5.43 Å². The highest BCUT2D eigenvalue weighted by atomic mass is 16.6. The molecule has 1 saturated heterocycles. The van der Waals surface area contributed by atoms with Crippen molar-refractivity contribution in [3.63, 3.8) is 0 Å². The third-order valence-corrected chi connectivity index (χ3v) is 5.03. The van der Waals surface area contributed by atoms with Gasteiger partial charge in [0, 0.05) is 39.3 Å². The maximum Gasteiger partial charge on any atom is 0.410 e. The van der Waals surface area contributed by atoms with Crippen LogP contribution < -0.4 is 5.43 Å². The predicted molar refractivity (Wildman–Crippen MR) is 102 cm³/mol. The van der Waals surface area contributed by atoms with E-state index >= 15 is 0 Å². The first kappa shape index (κ1) is 20.8. The van der Waals surface area contributed by atoms with E-state index in [1.165, 1.54) is 19.3 Å². The first-order chi connectivity index (χ1) is 12.2. The molecule has 7 nitrogen and oxygen atoms in total. The van der Waals surface area contributed by atoms with E-state index in [-0.39, 0.29) is 18.2 Å². The fourth-order valence-corrected chi connectivity index (χ4v) is 3.89. The second kappa shape index (κ2) is 8.93. The van der Waals surface area contributed by atoms with Crippen LogP contribution in [0.2, 0.25) is 0 Å². The topological polar surface area (TPSA) is 65.1 Å². The molecule has 1 heterocycles. The van der Waals surface area contributed by atoms with E-state index < -0.39 is 5.60 Å². The molecule has 1 aliphatic heterocycles. The highest BCUT2D eigenvalue weighted by Gasteiger charge is 2.35. The number of rotatable bonds is 3. The van der Waals surface area contributed by atoms with Crippen LogP contribution in [-0.2, 0) is 4.74 Å². The molecule has 0 radical (unpaired) electrons. The lowest BCUT2D eigenvalue weighted by molar-refractivity contribution is 0.0129. The van der Waals surface area contributed by atoms with Gasteiger partial charge in [0.15, 0.2) is 0 Å². The summed E-state index contributed by atoms with van der Waals surface area (Å²) in [6, 6.07) is 0.469. The molecule has 7 heteroatoms. The number of carbonyl (C=O) groups excluding carboxylic acids is 2. The second-order valence-corrected chi connectivity index (χ2v) is 8.71. The molecule has 150 valence electrons. The van der Waals surface area contributed by atoms with Crippen LogP contribution in [0.5, 0.6) is 0 Å². The highest BCUT2D eigenvalue weighted by Crippen LogP contribution is 2.28. The SMILES string of the molecule is CN(C)NC(=O)N(C1CCCCC1)C1CCN(C(=O)OC(C)(C)C)CC1. The van der Waals surface area contributed by atoms with Gasteiger partial charge in [-0.25, -0.2) is 14.6 Å². The lowest BCUT2D eigenvalue weighted by atomic mass is 9.91. The van der Waals surface area contributed by atoms with Crippen molar-refractivity contribution in [2.45, 2.75) is 83.4 Å². The van der Waals surface area contributed by atoms with E-state index in [4.69, 9.17) is 4.74 Å².